The Labute approximate surface area is 89.3 Å². The molecule has 1 aromatic heterocycles. The molecule has 0 amide bonds. The molecule has 82 valence electrons. The van der Waals surface area contributed by atoms with Gasteiger partial charge in [0.25, 0.3) is 0 Å². The Bertz CT molecular complexity index is 293. The highest BCUT2D eigenvalue weighted by molar-refractivity contribution is 5.08. The Morgan fingerprint density at radius 1 is 1.53 bits per heavy atom. The summed E-state index contributed by atoms with van der Waals surface area (Å²) in [4.78, 5) is 4.04. The number of aliphatic hydroxyl groups excluding tert-OH is 1. The van der Waals surface area contributed by atoms with Gasteiger partial charge in [-0.2, -0.15) is 0 Å². The van der Waals surface area contributed by atoms with Crippen molar-refractivity contribution < 1.29 is 9.84 Å². The Hall–Kier alpha value is -0.970. The summed E-state index contributed by atoms with van der Waals surface area (Å²) in [6.45, 7) is 3.08. The predicted molar refractivity (Wildman–Crippen MR) is 56.3 cm³/mol. The molecule has 0 saturated carbocycles. The number of hydrogen-bond acceptors (Lipinski definition) is 4. The van der Waals surface area contributed by atoms with Crippen LogP contribution in [-0.4, -0.2) is 36.5 Å². The van der Waals surface area contributed by atoms with E-state index in [1.54, 1.807) is 6.20 Å². The van der Waals surface area contributed by atoms with Gasteiger partial charge in [-0.3, -0.25) is 4.98 Å². The van der Waals surface area contributed by atoms with Crippen LogP contribution >= 0.6 is 0 Å². The second-order valence-corrected chi connectivity index (χ2v) is 4.12. The van der Waals surface area contributed by atoms with Crippen molar-refractivity contribution in [1.29, 1.82) is 0 Å². The molecule has 0 aromatic carbocycles. The van der Waals surface area contributed by atoms with Gasteiger partial charge in [0.15, 0.2) is 0 Å². The van der Waals surface area contributed by atoms with Gasteiger partial charge in [0.2, 0.25) is 0 Å². The van der Waals surface area contributed by atoms with E-state index in [-0.39, 0.29) is 12.0 Å². The van der Waals surface area contributed by atoms with Gasteiger partial charge in [0.05, 0.1) is 25.2 Å². The summed E-state index contributed by atoms with van der Waals surface area (Å²) in [6, 6.07) is 3.95. The lowest BCUT2D eigenvalue weighted by atomic mass is 9.87. The van der Waals surface area contributed by atoms with Crippen molar-refractivity contribution in [1.82, 2.24) is 10.3 Å². The molecule has 4 nitrogen and oxygen atoms in total. The maximum Gasteiger partial charge on any atom is 0.0579 e. The van der Waals surface area contributed by atoms with Crippen LogP contribution in [0.25, 0.3) is 0 Å². The first-order chi connectivity index (χ1) is 7.35. The highest BCUT2D eigenvalue weighted by atomic mass is 16.5. The van der Waals surface area contributed by atoms with Crippen LogP contribution in [-0.2, 0) is 11.3 Å². The van der Waals surface area contributed by atoms with Gasteiger partial charge in [0.1, 0.15) is 0 Å². The monoisotopic (exact) mass is 208 g/mol. The lowest BCUT2D eigenvalue weighted by Gasteiger charge is -2.40. The number of hydrogen-bond donors (Lipinski definition) is 2. The summed E-state index contributed by atoms with van der Waals surface area (Å²) < 4.78 is 5.12. The lowest BCUT2D eigenvalue weighted by Crippen LogP contribution is -2.52. The molecule has 0 aliphatic carbocycles. The van der Waals surface area contributed by atoms with Crippen LogP contribution in [0.15, 0.2) is 24.5 Å². The Morgan fingerprint density at radius 3 is 2.93 bits per heavy atom. The fraction of sp³-hybridized carbons (Fsp3) is 0.545. The molecule has 1 aromatic rings. The summed E-state index contributed by atoms with van der Waals surface area (Å²) in [5, 5.41) is 12.5. The van der Waals surface area contributed by atoms with E-state index in [9.17, 15) is 5.11 Å². The van der Waals surface area contributed by atoms with E-state index in [0.717, 1.165) is 18.7 Å². The van der Waals surface area contributed by atoms with Gasteiger partial charge < -0.3 is 15.2 Å². The van der Waals surface area contributed by atoms with Crippen LogP contribution in [0.1, 0.15) is 5.56 Å². The number of aliphatic hydroxyl groups is 1. The molecule has 1 aliphatic rings. The molecule has 4 heteroatoms. The van der Waals surface area contributed by atoms with Crippen LogP contribution in [0.4, 0.5) is 0 Å². The average molecular weight is 208 g/mol. The molecular formula is C11H16N2O2. The highest BCUT2D eigenvalue weighted by Gasteiger charge is 2.37. The van der Waals surface area contributed by atoms with Crippen LogP contribution in [0.2, 0.25) is 0 Å². The van der Waals surface area contributed by atoms with Crippen molar-refractivity contribution >= 4 is 0 Å². The number of pyridine rings is 1. The van der Waals surface area contributed by atoms with Crippen molar-refractivity contribution in [3.8, 4) is 0 Å². The minimum absolute atomic E-state index is 0.0534. The van der Waals surface area contributed by atoms with Crippen molar-refractivity contribution in [3.05, 3.63) is 30.1 Å². The van der Waals surface area contributed by atoms with E-state index >= 15 is 0 Å². The van der Waals surface area contributed by atoms with E-state index in [2.05, 4.69) is 10.3 Å². The quantitative estimate of drug-likeness (QED) is 0.725. The van der Waals surface area contributed by atoms with Gasteiger partial charge >= 0.3 is 0 Å². The van der Waals surface area contributed by atoms with Gasteiger partial charge in [-0.25, -0.2) is 0 Å². The summed E-state index contributed by atoms with van der Waals surface area (Å²) >= 11 is 0. The summed E-state index contributed by atoms with van der Waals surface area (Å²) in [5.41, 5.74) is 1.10. The number of nitrogens with zero attached hydrogens (tertiary/aromatic N) is 1. The number of ether oxygens (including phenoxy) is 1. The first-order valence-corrected chi connectivity index (χ1v) is 5.13. The normalized spacial score (nSPS) is 18.5. The smallest absolute Gasteiger partial charge is 0.0579 e. The second-order valence-electron chi connectivity index (χ2n) is 4.12. The molecule has 0 bridgehead atoms. The maximum absolute atomic E-state index is 9.20. The molecule has 0 unspecified atom stereocenters. The van der Waals surface area contributed by atoms with Crippen LogP contribution in [0.3, 0.4) is 0 Å². The standard InChI is InChI=1S/C11H16N2O2/c14-7-11(8-15-9-11)6-13-5-10-2-1-3-12-4-10/h1-4,13-14H,5-9H2. The van der Waals surface area contributed by atoms with E-state index in [1.807, 2.05) is 18.3 Å². The predicted octanol–water partition coefficient (Wildman–Crippen LogP) is 0.180. The molecule has 2 N–H and O–H groups in total. The third-order valence-electron chi connectivity index (χ3n) is 2.70. The zero-order chi connectivity index (χ0) is 10.6. The van der Waals surface area contributed by atoms with Gasteiger partial charge in [0, 0.05) is 25.5 Å². The van der Waals surface area contributed by atoms with Crippen LogP contribution in [0, 0.1) is 5.41 Å². The highest BCUT2D eigenvalue weighted by Crippen LogP contribution is 2.25. The summed E-state index contributed by atoms with van der Waals surface area (Å²) in [6.07, 6.45) is 3.61. The third kappa shape index (κ3) is 2.53. The lowest BCUT2D eigenvalue weighted by molar-refractivity contribution is -0.134. The minimum Gasteiger partial charge on any atom is -0.396 e. The van der Waals surface area contributed by atoms with Crippen molar-refractivity contribution in [2.24, 2.45) is 5.41 Å². The van der Waals surface area contributed by atoms with Gasteiger partial charge in [-0.1, -0.05) is 6.07 Å². The molecule has 0 spiro atoms. The molecule has 1 saturated heterocycles. The number of nitrogens with one attached hydrogen (secondary N) is 1. The second kappa shape index (κ2) is 4.70. The first-order valence-electron chi connectivity index (χ1n) is 5.13. The third-order valence-corrected chi connectivity index (χ3v) is 2.70. The molecule has 2 heterocycles. The fourth-order valence-corrected chi connectivity index (χ4v) is 1.61. The molecule has 1 fully saturated rings. The van der Waals surface area contributed by atoms with E-state index in [0.29, 0.717) is 13.2 Å². The number of rotatable bonds is 5. The molecule has 15 heavy (non-hydrogen) atoms. The van der Waals surface area contributed by atoms with Crippen molar-refractivity contribution in [2.45, 2.75) is 6.54 Å². The number of aromatic nitrogens is 1. The van der Waals surface area contributed by atoms with E-state index in [1.165, 1.54) is 0 Å². The summed E-state index contributed by atoms with van der Waals surface area (Å²) in [7, 11) is 0. The van der Waals surface area contributed by atoms with E-state index < -0.39 is 0 Å². The fourth-order valence-electron chi connectivity index (χ4n) is 1.61. The Morgan fingerprint density at radius 2 is 2.40 bits per heavy atom. The first kappa shape index (κ1) is 10.5. The van der Waals surface area contributed by atoms with Gasteiger partial charge in [-0.05, 0) is 11.6 Å². The van der Waals surface area contributed by atoms with Crippen LogP contribution in [0.5, 0.6) is 0 Å². The minimum atomic E-state index is -0.0534. The molecule has 0 atom stereocenters. The zero-order valence-electron chi connectivity index (χ0n) is 8.65. The topological polar surface area (TPSA) is 54.4 Å². The maximum atomic E-state index is 9.20. The van der Waals surface area contributed by atoms with Crippen LogP contribution < -0.4 is 5.32 Å². The Kier molecular flexibility index (Phi) is 3.30. The largest absolute Gasteiger partial charge is 0.396 e. The SMILES string of the molecule is OCC1(CNCc2cccnc2)COC1. The average Bonchev–Trinajstić information content (AvgIpc) is 2.24. The van der Waals surface area contributed by atoms with E-state index in [4.69, 9.17) is 4.74 Å². The molecule has 2 rings (SSSR count). The molecular weight excluding hydrogens is 192 g/mol. The molecule has 1 aliphatic heterocycles. The Balaban J connectivity index is 1.75. The molecule has 0 radical (unpaired) electrons. The zero-order valence-corrected chi connectivity index (χ0v) is 8.65. The van der Waals surface area contributed by atoms with Crippen molar-refractivity contribution in [2.75, 3.05) is 26.4 Å². The van der Waals surface area contributed by atoms with Gasteiger partial charge in [-0.15, -0.1) is 0 Å². The summed E-state index contributed by atoms with van der Waals surface area (Å²) in [5.74, 6) is 0. The van der Waals surface area contributed by atoms with Crippen molar-refractivity contribution in [3.63, 3.8) is 0 Å².